The van der Waals surface area contributed by atoms with Gasteiger partial charge in [-0.25, -0.2) is 9.97 Å². The lowest BCUT2D eigenvalue weighted by Gasteiger charge is -2.17. The molecule has 0 spiro atoms. The van der Waals surface area contributed by atoms with E-state index in [1.165, 1.54) is 25.7 Å². The van der Waals surface area contributed by atoms with Crippen LogP contribution in [-0.4, -0.2) is 9.97 Å². The average molecular weight is 231 g/mol. The Morgan fingerprint density at radius 2 is 1.41 bits per heavy atom. The van der Waals surface area contributed by atoms with Crippen molar-refractivity contribution in [1.82, 2.24) is 9.97 Å². The number of nitrogen functional groups attached to an aromatic ring is 1. The topological polar surface area (TPSA) is 51.8 Å². The van der Waals surface area contributed by atoms with Gasteiger partial charge in [-0.3, -0.25) is 0 Å². The molecule has 2 fully saturated rings. The molecule has 0 amide bonds. The predicted molar refractivity (Wildman–Crippen MR) is 68.7 cm³/mol. The Morgan fingerprint density at radius 1 is 1.00 bits per heavy atom. The van der Waals surface area contributed by atoms with E-state index in [2.05, 4.69) is 23.8 Å². The highest BCUT2D eigenvalue weighted by molar-refractivity contribution is 5.50. The number of nitrogens with zero attached hydrogens (tertiary/aromatic N) is 2. The van der Waals surface area contributed by atoms with Crippen molar-refractivity contribution >= 4 is 5.69 Å². The van der Waals surface area contributed by atoms with Gasteiger partial charge in [0.15, 0.2) is 0 Å². The summed E-state index contributed by atoms with van der Waals surface area (Å²) < 4.78 is 0. The van der Waals surface area contributed by atoms with Gasteiger partial charge in [0.05, 0.1) is 17.1 Å². The van der Waals surface area contributed by atoms with Gasteiger partial charge in [0.25, 0.3) is 0 Å². The van der Waals surface area contributed by atoms with Crippen molar-refractivity contribution < 1.29 is 0 Å². The van der Waals surface area contributed by atoms with Crippen LogP contribution < -0.4 is 5.73 Å². The third-order valence-corrected chi connectivity index (χ3v) is 4.47. The van der Waals surface area contributed by atoms with E-state index in [9.17, 15) is 0 Å². The second kappa shape index (κ2) is 3.97. The molecule has 1 aromatic rings. The standard InChI is InChI=1S/C14H21N3/c1-8(10-3-4-10)13-12(15)14(17-7-16-13)9(2)11-5-6-11/h7-11H,3-6,15H2,1-2H3/t8-,9-/m1/s1. The number of aromatic nitrogens is 2. The highest BCUT2D eigenvalue weighted by Crippen LogP contribution is 2.46. The zero-order chi connectivity index (χ0) is 12.0. The molecular formula is C14H21N3. The van der Waals surface area contributed by atoms with Crippen LogP contribution in [0, 0.1) is 11.8 Å². The Bertz CT molecular complexity index is 385. The molecule has 1 aromatic heterocycles. The summed E-state index contributed by atoms with van der Waals surface area (Å²) in [5, 5.41) is 0. The van der Waals surface area contributed by atoms with Crippen molar-refractivity contribution in [1.29, 1.82) is 0 Å². The van der Waals surface area contributed by atoms with Gasteiger partial charge in [-0.15, -0.1) is 0 Å². The van der Waals surface area contributed by atoms with E-state index in [4.69, 9.17) is 5.73 Å². The summed E-state index contributed by atoms with van der Waals surface area (Å²) in [4.78, 5) is 8.85. The summed E-state index contributed by atoms with van der Waals surface area (Å²) in [6, 6.07) is 0. The molecule has 3 rings (SSSR count). The van der Waals surface area contributed by atoms with E-state index in [1.807, 2.05) is 0 Å². The lowest BCUT2D eigenvalue weighted by atomic mass is 9.94. The van der Waals surface area contributed by atoms with Crippen molar-refractivity contribution in [2.75, 3.05) is 5.73 Å². The molecule has 2 N–H and O–H groups in total. The predicted octanol–water partition coefficient (Wildman–Crippen LogP) is 3.09. The average Bonchev–Trinajstić information content (AvgIpc) is 3.20. The van der Waals surface area contributed by atoms with Crippen LogP contribution in [0.25, 0.3) is 0 Å². The molecule has 3 heteroatoms. The van der Waals surface area contributed by atoms with E-state index in [1.54, 1.807) is 6.33 Å². The molecule has 2 saturated carbocycles. The molecule has 2 atom stereocenters. The smallest absolute Gasteiger partial charge is 0.116 e. The Morgan fingerprint density at radius 3 is 1.76 bits per heavy atom. The quantitative estimate of drug-likeness (QED) is 0.866. The van der Waals surface area contributed by atoms with Gasteiger partial charge in [-0.05, 0) is 37.5 Å². The van der Waals surface area contributed by atoms with E-state index in [-0.39, 0.29) is 0 Å². The molecule has 92 valence electrons. The lowest BCUT2D eigenvalue weighted by Crippen LogP contribution is -2.11. The molecule has 0 aliphatic heterocycles. The normalized spacial score (nSPS) is 23.4. The SMILES string of the molecule is C[C@@H](c1ncnc([C@H](C)C2CC2)c1N)C1CC1. The molecule has 2 aliphatic carbocycles. The fourth-order valence-electron chi connectivity index (χ4n) is 2.79. The molecule has 0 aromatic carbocycles. The summed E-state index contributed by atoms with van der Waals surface area (Å²) in [5.74, 6) is 2.61. The van der Waals surface area contributed by atoms with E-state index < -0.39 is 0 Å². The molecule has 0 bridgehead atoms. The van der Waals surface area contributed by atoms with Gasteiger partial charge in [-0.1, -0.05) is 13.8 Å². The summed E-state index contributed by atoms with van der Waals surface area (Å²) in [7, 11) is 0. The maximum Gasteiger partial charge on any atom is 0.116 e. The van der Waals surface area contributed by atoms with Crippen molar-refractivity contribution in [3.05, 3.63) is 17.7 Å². The molecule has 1 heterocycles. The van der Waals surface area contributed by atoms with Crippen LogP contribution >= 0.6 is 0 Å². The van der Waals surface area contributed by atoms with Crippen LogP contribution in [-0.2, 0) is 0 Å². The minimum Gasteiger partial charge on any atom is -0.396 e. The van der Waals surface area contributed by atoms with Crippen LogP contribution in [0.5, 0.6) is 0 Å². The van der Waals surface area contributed by atoms with Crippen molar-refractivity contribution in [3.63, 3.8) is 0 Å². The highest BCUT2D eigenvalue weighted by Gasteiger charge is 2.34. The van der Waals surface area contributed by atoms with Crippen molar-refractivity contribution in [3.8, 4) is 0 Å². The maximum atomic E-state index is 6.29. The maximum absolute atomic E-state index is 6.29. The second-order valence-electron chi connectivity index (χ2n) is 5.81. The van der Waals surface area contributed by atoms with Crippen LogP contribution in [0.2, 0.25) is 0 Å². The van der Waals surface area contributed by atoms with Crippen LogP contribution in [0.15, 0.2) is 6.33 Å². The molecule has 0 radical (unpaired) electrons. The van der Waals surface area contributed by atoms with E-state index >= 15 is 0 Å². The minimum atomic E-state index is 0.503. The number of nitrogens with two attached hydrogens (primary N) is 1. The first-order valence-electron chi connectivity index (χ1n) is 6.78. The molecule has 0 saturated heterocycles. The summed E-state index contributed by atoms with van der Waals surface area (Å²) in [6.07, 6.45) is 7.03. The molecule has 0 unspecified atom stereocenters. The first-order chi connectivity index (χ1) is 8.18. The van der Waals surface area contributed by atoms with Crippen LogP contribution in [0.1, 0.15) is 62.8 Å². The number of hydrogen-bond donors (Lipinski definition) is 1. The van der Waals surface area contributed by atoms with Gasteiger partial charge in [0.1, 0.15) is 6.33 Å². The Balaban J connectivity index is 1.91. The molecular weight excluding hydrogens is 210 g/mol. The second-order valence-corrected chi connectivity index (χ2v) is 5.81. The molecule has 3 nitrogen and oxygen atoms in total. The number of rotatable bonds is 4. The van der Waals surface area contributed by atoms with Gasteiger partial charge in [0.2, 0.25) is 0 Å². The third kappa shape index (κ3) is 2.03. The number of hydrogen-bond acceptors (Lipinski definition) is 3. The Labute approximate surface area is 103 Å². The zero-order valence-electron chi connectivity index (χ0n) is 10.7. The zero-order valence-corrected chi connectivity index (χ0v) is 10.7. The minimum absolute atomic E-state index is 0.503. The fourth-order valence-corrected chi connectivity index (χ4v) is 2.79. The largest absolute Gasteiger partial charge is 0.396 e. The van der Waals surface area contributed by atoms with Crippen LogP contribution in [0.4, 0.5) is 5.69 Å². The fraction of sp³-hybridized carbons (Fsp3) is 0.714. The first kappa shape index (κ1) is 11.0. The van der Waals surface area contributed by atoms with Gasteiger partial charge >= 0.3 is 0 Å². The van der Waals surface area contributed by atoms with Gasteiger partial charge in [0, 0.05) is 11.8 Å². The van der Waals surface area contributed by atoms with E-state index in [0.717, 1.165) is 28.9 Å². The summed E-state index contributed by atoms with van der Waals surface area (Å²) in [6.45, 7) is 4.50. The summed E-state index contributed by atoms with van der Waals surface area (Å²) in [5.41, 5.74) is 9.33. The Kier molecular flexibility index (Phi) is 2.57. The van der Waals surface area contributed by atoms with Gasteiger partial charge in [-0.2, -0.15) is 0 Å². The number of anilines is 1. The van der Waals surface area contributed by atoms with Gasteiger partial charge < -0.3 is 5.73 Å². The summed E-state index contributed by atoms with van der Waals surface area (Å²) >= 11 is 0. The first-order valence-corrected chi connectivity index (χ1v) is 6.78. The van der Waals surface area contributed by atoms with Crippen molar-refractivity contribution in [2.45, 2.75) is 51.4 Å². The third-order valence-electron chi connectivity index (χ3n) is 4.47. The highest BCUT2D eigenvalue weighted by atomic mass is 14.9. The molecule has 17 heavy (non-hydrogen) atoms. The van der Waals surface area contributed by atoms with Crippen LogP contribution in [0.3, 0.4) is 0 Å². The Hall–Kier alpha value is -1.12. The van der Waals surface area contributed by atoms with E-state index in [0.29, 0.717) is 11.8 Å². The lowest BCUT2D eigenvalue weighted by molar-refractivity contribution is 0.618. The molecule has 2 aliphatic rings. The van der Waals surface area contributed by atoms with Crippen molar-refractivity contribution in [2.24, 2.45) is 11.8 Å². The monoisotopic (exact) mass is 231 g/mol.